The van der Waals surface area contributed by atoms with E-state index in [-0.39, 0.29) is 23.8 Å². The molecule has 3 rings (SSSR count). The molecule has 1 saturated heterocycles. The summed E-state index contributed by atoms with van der Waals surface area (Å²) in [4.78, 5) is 28.1. The van der Waals surface area contributed by atoms with Crippen LogP contribution in [0, 0.1) is 11.6 Å². The normalized spacial score (nSPS) is 15.4. The van der Waals surface area contributed by atoms with Gasteiger partial charge in [0.05, 0.1) is 0 Å². The zero-order valence-corrected chi connectivity index (χ0v) is 13.8. The summed E-state index contributed by atoms with van der Waals surface area (Å²) < 4.78 is 26.1. The van der Waals surface area contributed by atoms with Gasteiger partial charge in [-0.05, 0) is 54.5 Å². The Balaban J connectivity index is 1.51. The molecule has 6 heteroatoms. The summed E-state index contributed by atoms with van der Waals surface area (Å²) in [6.07, 6.45) is 3.96. The average molecular weight is 346 g/mol. The second-order valence-corrected chi connectivity index (χ2v) is 6.39. The van der Waals surface area contributed by atoms with E-state index < -0.39 is 11.6 Å². The predicted molar refractivity (Wildman–Crippen MR) is 90.3 cm³/mol. The van der Waals surface area contributed by atoms with Crippen LogP contribution in [0.15, 0.2) is 41.3 Å². The molecule has 0 radical (unpaired) electrons. The number of nitrogens with zero attached hydrogens (tertiary/aromatic N) is 1. The lowest BCUT2D eigenvalue weighted by molar-refractivity contribution is -0.132. The first-order valence-electron chi connectivity index (χ1n) is 8.43. The summed E-state index contributed by atoms with van der Waals surface area (Å²) in [5, 5.41) is 0. The van der Waals surface area contributed by atoms with Crippen molar-refractivity contribution in [3.8, 4) is 0 Å². The standard InChI is InChI=1S/C19H20F2N2O2/c20-16-3-1-13(11-17(16)21)2-4-19(25)23-9-6-14(7-10-23)15-5-8-22-18(24)12-15/h1,3,5,8,11-12,14H,2,4,6-7,9-10H2,(H,22,24). The Morgan fingerprint density at radius 1 is 1.12 bits per heavy atom. The fourth-order valence-electron chi connectivity index (χ4n) is 3.28. The molecule has 4 nitrogen and oxygen atoms in total. The van der Waals surface area contributed by atoms with Gasteiger partial charge >= 0.3 is 0 Å². The van der Waals surface area contributed by atoms with Gasteiger partial charge in [0.1, 0.15) is 0 Å². The highest BCUT2D eigenvalue weighted by molar-refractivity contribution is 5.76. The highest BCUT2D eigenvalue weighted by atomic mass is 19.2. The third-order valence-corrected chi connectivity index (χ3v) is 4.73. The molecular formula is C19H20F2N2O2. The summed E-state index contributed by atoms with van der Waals surface area (Å²) in [6, 6.07) is 7.26. The van der Waals surface area contributed by atoms with Crippen molar-refractivity contribution in [2.45, 2.75) is 31.6 Å². The molecular weight excluding hydrogens is 326 g/mol. The van der Waals surface area contributed by atoms with E-state index in [4.69, 9.17) is 0 Å². The first kappa shape index (κ1) is 17.3. The highest BCUT2D eigenvalue weighted by Crippen LogP contribution is 2.27. The summed E-state index contributed by atoms with van der Waals surface area (Å²) in [5.41, 5.74) is 1.52. The second kappa shape index (κ2) is 7.59. The number of amides is 1. The topological polar surface area (TPSA) is 53.2 Å². The summed E-state index contributed by atoms with van der Waals surface area (Å²) >= 11 is 0. The molecule has 0 spiro atoms. The quantitative estimate of drug-likeness (QED) is 0.925. The predicted octanol–water partition coefficient (Wildman–Crippen LogP) is 2.99. The van der Waals surface area contributed by atoms with Crippen molar-refractivity contribution < 1.29 is 13.6 Å². The molecule has 0 aliphatic carbocycles. The monoisotopic (exact) mass is 346 g/mol. The van der Waals surface area contributed by atoms with E-state index in [1.54, 1.807) is 12.3 Å². The number of carbonyl (C=O) groups is 1. The number of carbonyl (C=O) groups excluding carboxylic acids is 1. The lowest BCUT2D eigenvalue weighted by atomic mass is 9.90. The number of piperidine rings is 1. The van der Waals surface area contributed by atoms with Crippen molar-refractivity contribution in [1.29, 1.82) is 0 Å². The Kier molecular flexibility index (Phi) is 5.26. The van der Waals surface area contributed by atoms with E-state index in [2.05, 4.69) is 4.98 Å². The van der Waals surface area contributed by atoms with Gasteiger partial charge in [0.15, 0.2) is 11.6 Å². The highest BCUT2D eigenvalue weighted by Gasteiger charge is 2.23. The van der Waals surface area contributed by atoms with Crippen LogP contribution in [0.2, 0.25) is 0 Å². The minimum atomic E-state index is -0.886. The maximum Gasteiger partial charge on any atom is 0.248 e. The summed E-state index contributed by atoms with van der Waals surface area (Å²) in [5.74, 6) is -1.45. The Morgan fingerprint density at radius 3 is 2.56 bits per heavy atom. The third kappa shape index (κ3) is 4.32. The van der Waals surface area contributed by atoms with Crippen LogP contribution in [0.25, 0.3) is 0 Å². The number of aryl methyl sites for hydroxylation is 1. The minimum Gasteiger partial charge on any atom is -0.343 e. The largest absolute Gasteiger partial charge is 0.343 e. The molecule has 0 unspecified atom stereocenters. The molecule has 1 aliphatic rings. The maximum atomic E-state index is 13.2. The van der Waals surface area contributed by atoms with Crippen molar-refractivity contribution in [1.82, 2.24) is 9.88 Å². The molecule has 1 fully saturated rings. The molecule has 132 valence electrons. The maximum absolute atomic E-state index is 13.2. The third-order valence-electron chi connectivity index (χ3n) is 4.73. The van der Waals surface area contributed by atoms with Gasteiger partial charge in [0.25, 0.3) is 0 Å². The number of nitrogens with one attached hydrogen (secondary N) is 1. The van der Waals surface area contributed by atoms with Crippen LogP contribution in [0.4, 0.5) is 8.78 Å². The van der Waals surface area contributed by atoms with Gasteiger partial charge in [-0.3, -0.25) is 9.59 Å². The fraction of sp³-hybridized carbons (Fsp3) is 0.368. The van der Waals surface area contributed by atoms with Crippen LogP contribution >= 0.6 is 0 Å². The molecule has 1 N–H and O–H groups in total. The Hall–Kier alpha value is -2.50. The first-order valence-corrected chi connectivity index (χ1v) is 8.43. The minimum absolute atomic E-state index is 0.0223. The van der Waals surface area contributed by atoms with Gasteiger partial charge in [0, 0.05) is 31.8 Å². The Morgan fingerprint density at radius 2 is 1.88 bits per heavy atom. The number of hydrogen-bond donors (Lipinski definition) is 1. The number of hydrogen-bond acceptors (Lipinski definition) is 2. The molecule has 1 aromatic carbocycles. The number of pyridine rings is 1. The molecule has 0 atom stereocenters. The Labute approximate surface area is 144 Å². The number of aromatic nitrogens is 1. The summed E-state index contributed by atoms with van der Waals surface area (Å²) in [6.45, 7) is 1.29. The van der Waals surface area contributed by atoms with Crippen molar-refractivity contribution in [3.63, 3.8) is 0 Å². The van der Waals surface area contributed by atoms with Crippen LogP contribution in [0.5, 0.6) is 0 Å². The fourth-order valence-corrected chi connectivity index (χ4v) is 3.28. The Bertz CT molecular complexity index is 811. The van der Waals surface area contributed by atoms with Gasteiger partial charge < -0.3 is 9.88 Å². The molecule has 2 heterocycles. The average Bonchev–Trinajstić information content (AvgIpc) is 2.62. The van der Waals surface area contributed by atoms with Crippen LogP contribution < -0.4 is 5.56 Å². The van der Waals surface area contributed by atoms with E-state index in [9.17, 15) is 18.4 Å². The number of likely N-dealkylation sites (tertiary alicyclic amines) is 1. The number of benzene rings is 1. The number of rotatable bonds is 4. The molecule has 1 aliphatic heterocycles. The van der Waals surface area contributed by atoms with Gasteiger partial charge in [0.2, 0.25) is 11.5 Å². The van der Waals surface area contributed by atoms with E-state index >= 15 is 0 Å². The second-order valence-electron chi connectivity index (χ2n) is 6.39. The molecule has 2 aromatic rings. The van der Waals surface area contributed by atoms with E-state index in [1.807, 2.05) is 11.0 Å². The van der Waals surface area contributed by atoms with Gasteiger partial charge in [-0.25, -0.2) is 8.78 Å². The van der Waals surface area contributed by atoms with Crippen molar-refractivity contribution >= 4 is 5.91 Å². The molecule has 0 saturated carbocycles. The molecule has 0 bridgehead atoms. The molecule has 1 aromatic heterocycles. The van der Waals surface area contributed by atoms with Crippen LogP contribution in [0.1, 0.15) is 36.3 Å². The van der Waals surface area contributed by atoms with Gasteiger partial charge in [-0.1, -0.05) is 6.07 Å². The lowest BCUT2D eigenvalue weighted by Gasteiger charge is -2.32. The first-order chi connectivity index (χ1) is 12.0. The molecule has 25 heavy (non-hydrogen) atoms. The van der Waals surface area contributed by atoms with Crippen LogP contribution in [0.3, 0.4) is 0 Å². The number of halogens is 2. The zero-order chi connectivity index (χ0) is 17.8. The van der Waals surface area contributed by atoms with Crippen LogP contribution in [-0.2, 0) is 11.2 Å². The van der Waals surface area contributed by atoms with Gasteiger partial charge in [-0.2, -0.15) is 0 Å². The van der Waals surface area contributed by atoms with Crippen molar-refractivity contribution in [3.05, 3.63) is 69.6 Å². The van der Waals surface area contributed by atoms with Crippen molar-refractivity contribution in [2.24, 2.45) is 0 Å². The summed E-state index contributed by atoms with van der Waals surface area (Å²) in [7, 11) is 0. The lowest BCUT2D eigenvalue weighted by Crippen LogP contribution is -2.38. The number of H-pyrrole nitrogens is 1. The number of aromatic amines is 1. The van der Waals surface area contributed by atoms with E-state index in [0.29, 0.717) is 25.1 Å². The van der Waals surface area contributed by atoms with Crippen molar-refractivity contribution in [2.75, 3.05) is 13.1 Å². The van der Waals surface area contributed by atoms with E-state index in [0.717, 1.165) is 30.5 Å². The van der Waals surface area contributed by atoms with Crippen LogP contribution in [-0.4, -0.2) is 28.9 Å². The SMILES string of the molecule is O=C(CCc1ccc(F)c(F)c1)N1CCC(c2cc[nH]c(=O)c2)CC1. The zero-order valence-electron chi connectivity index (χ0n) is 13.8. The smallest absolute Gasteiger partial charge is 0.248 e. The molecule has 1 amide bonds. The van der Waals surface area contributed by atoms with Gasteiger partial charge in [-0.15, -0.1) is 0 Å². The van der Waals surface area contributed by atoms with E-state index in [1.165, 1.54) is 6.07 Å².